The highest BCUT2D eigenvalue weighted by Gasteiger charge is 2.00. The van der Waals surface area contributed by atoms with Crippen molar-refractivity contribution >= 4 is 5.82 Å². The summed E-state index contributed by atoms with van der Waals surface area (Å²) in [6.07, 6.45) is 3.26. The molecule has 4 nitrogen and oxygen atoms in total. The van der Waals surface area contributed by atoms with E-state index in [-0.39, 0.29) is 0 Å². The summed E-state index contributed by atoms with van der Waals surface area (Å²) in [5, 5.41) is 0. The first-order valence-electron chi connectivity index (χ1n) is 5.47. The normalized spacial score (nSPS) is 10.8. The molecular formula is C13H16N4. The molecule has 88 valence electrons. The Hall–Kier alpha value is -1.94. The Kier molecular flexibility index (Phi) is 3.35. The molecule has 0 unspecified atom stereocenters. The van der Waals surface area contributed by atoms with Gasteiger partial charge in [0.25, 0.3) is 0 Å². The summed E-state index contributed by atoms with van der Waals surface area (Å²) >= 11 is 0. The molecule has 0 saturated carbocycles. The van der Waals surface area contributed by atoms with Crippen molar-refractivity contribution in [2.75, 3.05) is 19.8 Å². The molecule has 2 rings (SSSR count). The smallest absolute Gasteiger partial charge is 0.141 e. The quantitative estimate of drug-likeness (QED) is 0.870. The first-order chi connectivity index (χ1) is 8.15. The third kappa shape index (κ3) is 3.01. The van der Waals surface area contributed by atoms with E-state index in [0.29, 0.717) is 5.82 Å². The predicted octanol–water partition coefficient (Wildman–Crippen LogP) is 1.79. The van der Waals surface area contributed by atoms with E-state index in [0.717, 1.165) is 17.8 Å². The Morgan fingerprint density at radius 1 is 1.06 bits per heavy atom. The molecule has 0 bridgehead atoms. The van der Waals surface area contributed by atoms with Crippen molar-refractivity contribution in [3.8, 4) is 11.3 Å². The van der Waals surface area contributed by atoms with Crippen LogP contribution in [0.15, 0.2) is 36.7 Å². The fourth-order valence-electron chi connectivity index (χ4n) is 1.63. The Morgan fingerprint density at radius 2 is 1.76 bits per heavy atom. The van der Waals surface area contributed by atoms with Crippen molar-refractivity contribution < 1.29 is 0 Å². The number of rotatable bonds is 3. The average molecular weight is 228 g/mol. The largest absolute Gasteiger partial charge is 0.382 e. The molecule has 1 heterocycles. The third-order valence-corrected chi connectivity index (χ3v) is 2.42. The number of nitrogen functional groups attached to an aromatic ring is 1. The van der Waals surface area contributed by atoms with Crippen LogP contribution in [0.5, 0.6) is 0 Å². The van der Waals surface area contributed by atoms with Crippen LogP contribution in [0.2, 0.25) is 0 Å². The van der Waals surface area contributed by atoms with Crippen LogP contribution in [0, 0.1) is 0 Å². The molecule has 0 fully saturated rings. The second-order valence-corrected chi connectivity index (χ2v) is 4.26. The molecule has 0 spiro atoms. The van der Waals surface area contributed by atoms with E-state index in [1.54, 1.807) is 12.4 Å². The Labute approximate surface area is 101 Å². The molecule has 17 heavy (non-hydrogen) atoms. The van der Waals surface area contributed by atoms with Gasteiger partial charge in [0, 0.05) is 12.1 Å². The maximum atomic E-state index is 5.50. The summed E-state index contributed by atoms with van der Waals surface area (Å²) in [5.41, 5.74) is 8.68. The molecule has 0 aliphatic heterocycles. The van der Waals surface area contributed by atoms with E-state index in [1.165, 1.54) is 5.56 Å². The van der Waals surface area contributed by atoms with Crippen LogP contribution in [0.1, 0.15) is 5.56 Å². The van der Waals surface area contributed by atoms with Gasteiger partial charge in [0.15, 0.2) is 0 Å². The zero-order chi connectivity index (χ0) is 12.3. The Bertz CT molecular complexity index is 474. The van der Waals surface area contributed by atoms with Crippen LogP contribution in [0.25, 0.3) is 11.3 Å². The van der Waals surface area contributed by atoms with Gasteiger partial charge in [-0.2, -0.15) is 0 Å². The Morgan fingerprint density at radius 3 is 2.29 bits per heavy atom. The Balaban J connectivity index is 2.20. The molecule has 0 saturated heterocycles. The highest BCUT2D eigenvalue weighted by atomic mass is 15.0. The summed E-state index contributed by atoms with van der Waals surface area (Å²) in [6.45, 7) is 0.938. The van der Waals surface area contributed by atoms with E-state index >= 15 is 0 Å². The lowest BCUT2D eigenvalue weighted by molar-refractivity contribution is 0.402. The second-order valence-electron chi connectivity index (χ2n) is 4.26. The topological polar surface area (TPSA) is 55.0 Å². The number of hydrogen-bond acceptors (Lipinski definition) is 4. The highest BCUT2D eigenvalue weighted by Crippen LogP contribution is 2.17. The van der Waals surface area contributed by atoms with Crippen LogP contribution in [0.4, 0.5) is 5.82 Å². The molecule has 0 aliphatic rings. The van der Waals surface area contributed by atoms with Crippen molar-refractivity contribution in [3.63, 3.8) is 0 Å². The maximum Gasteiger partial charge on any atom is 0.141 e. The number of nitrogens with zero attached hydrogens (tertiary/aromatic N) is 3. The lowest BCUT2D eigenvalue weighted by Crippen LogP contribution is -2.10. The number of benzene rings is 1. The fourth-order valence-corrected chi connectivity index (χ4v) is 1.63. The standard InChI is InChI=1S/C13H16N4/c1-17(2)9-10-3-5-11(6-4-10)12-7-16-13(14)8-15-12/h3-8H,9H2,1-2H3,(H2,14,16). The number of hydrogen-bond donors (Lipinski definition) is 1. The van der Waals surface area contributed by atoms with E-state index in [2.05, 4.69) is 53.2 Å². The van der Waals surface area contributed by atoms with Gasteiger partial charge in [0.2, 0.25) is 0 Å². The monoisotopic (exact) mass is 228 g/mol. The first kappa shape index (κ1) is 11.5. The van der Waals surface area contributed by atoms with Gasteiger partial charge in [-0.3, -0.25) is 4.98 Å². The predicted molar refractivity (Wildman–Crippen MR) is 69.3 cm³/mol. The SMILES string of the molecule is CN(C)Cc1ccc(-c2cnc(N)cn2)cc1. The molecule has 2 N–H and O–H groups in total. The van der Waals surface area contributed by atoms with Gasteiger partial charge in [-0.1, -0.05) is 24.3 Å². The van der Waals surface area contributed by atoms with Gasteiger partial charge in [0.05, 0.1) is 18.1 Å². The van der Waals surface area contributed by atoms with E-state index in [9.17, 15) is 0 Å². The molecule has 0 aliphatic carbocycles. The third-order valence-electron chi connectivity index (χ3n) is 2.42. The molecule has 0 atom stereocenters. The van der Waals surface area contributed by atoms with Gasteiger partial charge in [-0.05, 0) is 19.7 Å². The van der Waals surface area contributed by atoms with Crippen molar-refractivity contribution in [1.82, 2.24) is 14.9 Å². The number of aromatic nitrogens is 2. The fraction of sp³-hybridized carbons (Fsp3) is 0.231. The van der Waals surface area contributed by atoms with Gasteiger partial charge in [-0.25, -0.2) is 4.98 Å². The molecule has 2 aromatic rings. The van der Waals surface area contributed by atoms with Gasteiger partial charge < -0.3 is 10.6 Å². The van der Waals surface area contributed by atoms with Crippen LogP contribution in [-0.4, -0.2) is 29.0 Å². The summed E-state index contributed by atoms with van der Waals surface area (Å²) in [5.74, 6) is 0.443. The molecule has 0 amide bonds. The van der Waals surface area contributed by atoms with Crippen molar-refractivity contribution in [1.29, 1.82) is 0 Å². The van der Waals surface area contributed by atoms with Gasteiger partial charge in [0.1, 0.15) is 5.82 Å². The van der Waals surface area contributed by atoms with E-state index in [1.807, 2.05) is 0 Å². The summed E-state index contributed by atoms with van der Waals surface area (Å²) < 4.78 is 0. The minimum Gasteiger partial charge on any atom is -0.382 e. The van der Waals surface area contributed by atoms with Crippen LogP contribution in [0.3, 0.4) is 0 Å². The molecule has 1 aromatic heterocycles. The van der Waals surface area contributed by atoms with Crippen molar-refractivity contribution in [2.24, 2.45) is 0 Å². The maximum absolute atomic E-state index is 5.50. The zero-order valence-corrected chi connectivity index (χ0v) is 10.1. The second kappa shape index (κ2) is 4.93. The van der Waals surface area contributed by atoms with Gasteiger partial charge >= 0.3 is 0 Å². The lowest BCUT2D eigenvalue weighted by atomic mass is 10.1. The van der Waals surface area contributed by atoms with Crippen molar-refractivity contribution in [3.05, 3.63) is 42.2 Å². The minimum absolute atomic E-state index is 0.443. The van der Waals surface area contributed by atoms with Crippen molar-refractivity contribution in [2.45, 2.75) is 6.54 Å². The highest BCUT2D eigenvalue weighted by molar-refractivity contribution is 5.58. The zero-order valence-electron chi connectivity index (χ0n) is 10.1. The molecule has 4 heteroatoms. The lowest BCUT2D eigenvalue weighted by Gasteiger charge is -2.09. The number of nitrogens with two attached hydrogens (primary N) is 1. The number of anilines is 1. The van der Waals surface area contributed by atoms with Crippen LogP contribution in [-0.2, 0) is 6.54 Å². The van der Waals surface area contributed by atoms with E-state index in [4.69, 9.17) is 5.73 Å². The van der Waals surface area contributed by atoms with Crippen LogP contribution >= 0.6 is 0 Å². The minimum atomic E-state index is 0.443. The molecule has 1 aromatic carbocycles. The first-order valence-corrected chi connectivity index (χ1v) is 5.47. The van der Waals surface area contributed by atoms with Gasteiger partial charge in [-0.15, -0.1) is 0 Å². The molecule has 0 radical (unpaired) electrons. The summed E-state index contributed by atoms with van der Waals surface area (Å²) in [4.78, 5) is 10.4. The van der Waals surface area contributed by atoms with Crippen LogP contribution < -0.4 is 5.73 Å². The average Bonchev–Trinajstić information content (AvgIpc) is 2.30. The van der Waals surface area contributed by atoms with E-state index < -0.39 is 0 Å². The molecular weight excluding hydrogens is 212 g/mol. The summed E-state index contributed by atoms with van der Waals surface area (Å²) in [7, 11) is 4.11. The summed E-state index contributed by atoms with van der Waals surface area (Å²) in [6, 6.07) is 8.32.